The number of carbonyl (C=O) groups excluding carboxylic acids is 4. The number of carbonyl (C=O) groups is 4. The lowest BCUT2D eigenvalue weighted by Gasteiger charge is -2.18. The summed E-state index contributed by atoms with van der Waals surface area (Å²) < 4.78 is 22.2. The van der Waals surface area contributed by atoms with Crippen molar-refractivity contribution in [3.63, 3.8) is 0 Å². The average Bonchev–Trinajstić information content (AvgIpc) is 3.30. The standard InChI is InChI=1S/C50H48N2O8/c53-47(57-33-37-15-5-1-6-16-37)29-45(49(55)59-35-39-19-9-3-10-20-39)51-31-41-23-13-25-43(27-41)44-26-14-24-42(28-44)32-52-46(50(56)60-36-40-21-11-4-12-22-40)30-48(54)58-34-38-17-7-2-8-18-38/h1-28,45-46,51-52H,29-36H2. The van der Waals surface area contributed by atoms with Crippen LogP contribution in [0.1, 0.15) is 46.2 Å². The van der Waals surface area contributed by atoms with Crippen molar-refractivity contribution >= 4 is 23.9 Å². The lowest BCUT2D eigenvalue weighted by atomic mass is 10.0. The van der Waals surface area contributed by atoms with Gasteiger partial charge in [-0.1, -0.05) is 158 Å². The number of benzene rings is 6. The van der Waals surface area contributed by atoms with Crippen molar-refractivity contribution in [2.75, 3.05) is 0 Å². The van der Waals surface area contributed by atoms with Crippen LogP contribution in [-0.4, -0.2) is 36.0 Å². The van der Waals surface area contributed by atoms with Gasteiger partial charge in [0.05, 0.1) is 12.8 Å². The Balaban J connectivity index is 1.08. The van der Waals surface area contributed by atoms with Crippen molar-refractivity contribution in [3.05, 3.63) is 203 Å². The molecule has 6 rings (SSSR count). The largest absolute Gasteiger partial charge is 0.461 e. The van der Waals surface area contributed by atoms with Gasteiger partial charge >= 0.3 is 23.9 Å². The fourth-order valence-corrected chi connectivity index (χ4v) is 6.27. The first-order chi connectivity index (χ1) is 29.4. The van der Waals surface area contributed by atoms with Crippen LogP contribution >= 0.6 is 0 Å². The van der Waals surface area contributed by atoms with E-state index in [-0.39, 0.29) is 52.4 Å². The fourth-order valence-electron chi connectivity index (χ4n) is 6.27. The third-order valence-electron chi connectivity index (χ3n) is 9.54. The van der Waals surface area contributed by atoms with Crippen LogP contribution in [0.25, 0.3) is 11.1 Å². The Morgan fingerprint density at radius 2 is 0.667 bits per heavy atom. The second-order valence-electron chi connectivity index (χ2n) is 14.2. The Labute approximate surface area is 350 Å². The molecule has 6 aromatic rings. The first-order valence-electron chi connectivity index (χ1n) is 19.8. The van der Waals surface area contributed by atoms with Gasteiger partial charge in [0.15, 0.2) is 0 Å². The molecule has 2 unspecified atom stereocenters. The molecule has 0 aliphatic carbocycles. The average molecular weight is 805 g/mol. The zero-order valence-electron chi connectivity index (χ0n) is 33.2. The highest BCUT2D eigenvalue weighted by Gasteiger charge is 2.26. The van der Waals surface area contributed by atoms with Gasteiger partial charge in [0, 0.05) is 13.1 Å². The first kappa shape index (κ1) is 42.7. The van der Waals surface area contributed by atoms with Crippen LogP contribution in [0.3, 0.4) is 0 Å². The zero-order valence-corrected chi connectivity index (χ0v) is 33.2. The van der Waals surface area contributed by atoms with E-state index < -0.39 is 36.0 Å². The molecule has 0 aromatic heterocycles. The van der Waals surface area contributed by atoms with Gasteiger partial charge in [-0.15, -0.1) is 0 Å². The van der Waals surface area contributed by atoms with Crippen molar-refractivity contribution in [3.8, 4) is 11.1 Å². The maximum atomic E-state index is 13.3. The minimum absolute atomic E-state index is 0.0750. The molecule has 0 fully saturated rings. The summed E-state index contributed by atoms with van der Waals surface area (Å²) in [6.45, 7) is 0.903. The fraction of sp³-hybridized carbons (Fsp3) is 0.200. The van der Waals surface area contributed by atoms with Crippen molar-refractivity contribution in [1.82, 2.24) is 10.6 Å². The van der Waals surface area contributed by atoms with Gasteiger partial charge in [-0.05, 0) is 56.6 Å². The molecule has 0 saturated carbocycles. The Hall–Kier alpha value is -6.88. The van der Waals surface area contributed by atoms with E-state index in [2.05, 4.69) is 10.6 Å². The SMILES string of the molecule is O=C(CC(NCc1cccc(-c2cccc(CNC(CC(=O)OCc3ccccc3)C(=O)OCc3ccccc3)c2)c1)C(=O)OCc1ccccc1)OCc1ccccc1. The summed E-state index contributed by atoms with van der Waals surface area (Å²) >= 11 is 0. The Morgan fingerprint density at radius 3 is 1.00 bits per heavy atom. The van der Waals surface area contributed by atoms with Crippen LogP contribution in [-0.2, 0) is 77.6 Å². The van der Waals surface area contributed by atoms with Gasteiger partial charge in [0.1, 0.15) is 38.5 Å². The Kier molecular flexibility index (Phi) is 16.3. The molecule has 10 heteroatoms. The van der Waals surface area contributed by atoms with Crippen molar-refractivity contribution < 1.29 is 38.1 Å². The van der Waals surface area contributed by atoms with Gasteiger partial charge in [0.2, 0.25) is 0 Å². The molecule has 0 amide bonds. The molecule has 0 saturated heterocycles. The summed E-state index contributed by atoms with van der Waals surface area (Å²) in [4.78, 5) is 52.5. The molecule has 0 aliphatic rings. The summed E-state index contributed by atoms with van der Waals surface area (Å²) in [5.74, 6) is -2.16. The topological polar surface area (TPSA) is 129 Å². The molecule has 10 nitrogen and oxygen atoms in total. The van der Waals surface area contributed by atoms with E-state index >= 15 is 0 Å². The maximum Gasteiger partial charge on any atom is 0.324 e. The van der Waals surface area contributed by atoms with Crippen LogP contribution in [0, 0.1) is 0 Å². The smallest absolute Gasteiger partial charge is 0.324 e. The highest BCUT2D eigenvalue weighted by molar-refractivity contribution is 5.83. The highest BCUT2D eigenvalue weighted by Crippen LogP contribution is 2.22. The summed E-state index contributed by atoms with van der Waals surface area (Å²) in [6.07, 6.45) is -0.415. The minimum Gasteiger partial charge on any atom is -0.461 e. The molecule has 0 heterocycles. The van der Waals surface area contributed by atoms with Crippen LogP contribution in [0.4, 0.5) is 0 Å². The molecule has 0 aliphatic heterocycles. The van der Waals surface area contributed by atoms with Crippen molar-refractivity contribution in [2.24, 2.45) is 0 Å². The maximum absolute atomic E-state index is 13.3. The number of esters is 4. The quantitative estimate of drug-likeness (QED) is 0.0545. The van der Waals surface area contributed by atoms with Gasteiger partial charge < -0.3 is 18.9 Å². The Bertz CT molecular complexity index is 2110. The normalized spacial score (nSPS) is 11.8. The van der Waals surface area contributed by atoms with Gasteiger partial charge in [-0.3, -0.25) is 29.8 Å². The predicted molar refractivity (Wildman–Crippen MR) is 227 cm³/mol. The lowest BCUT2D eigenvalue weighted by molar-refractivity contribution is -0.154. The molecule has 0 radical (unpaired) electrons. The summed E-state index contributed by atoms with van der Waals surface area (Å²) in [6, 6.07) is 51.2. The third kappa shape index (κ3) is 14.2. The van der Waals surface area contributed by atoms with Crippen LogP contribution < -0.4 is 10.6 Å². The molecule has 306 valence electrons. The van der Waals surface area contributed by atoms with E-state index in [1.807, 2.05) is 170 Å². The number of rotatable bonds is 21. The molecule has 0 bridgehead atoms. The minimum atomic E-state index is -0.946. The second-order valence-corrected chi connectivity index (χ2v) is 14.2. The highest BCUT2D eigenvalue weighted by atomic mass is 16.5. The molecule has 2 atom stereocenters. The number of hydrogen-bond acceptors (Lipinski definition) is 10. The number of ether oxygens (including phenoxy) is 4. The van der Waals surface area contributed by atoms with E-state index in [1.54, 1.807) is 0 Å². The Morgan fingerprint density at radius 1 is 0.367 bits per heavy atom. The molecular weight excluding hydrogens is 757 g/mol. The number of hydrogen-bond donors (Lipinski definition) is 2. The third-order valence-corrected chi connectivity index (χ3v) is 9.54. The van der Waals surface area contributed by atoms with Gasteiger partial charge in [-0.2, -0.15) is 0 Å². The van der Waals surface area contributed by atoms with E-state index in [0.717, 1.165) is 44.5 Å². The molecule has 60 heavy (non-hydrogen) atoms. The van der Waals surface area contributed by atoms with Crippen LogP contribution in [0.5, 0.6) is 0 Å². The second kappa shape index (κ2) is 22.9. The van der Waals surface area contributed by atoms with E-state index in [4.69, 9.17) is 18.9 Å². The van der Waals surface area contributed by atoms with Crippen molar-refractivity contribution in [1.29, 1.82) is 0 Å². The summed E-state index contributed by atoms with van der Waals surface area (Å²) in [5.41, 5.74) is 6.96. The van der Waals surface area contributed by atoms with E-state index in [0.29, 0.717) is 0 Å². The van der Waals surface area contributed by atoms with Gasteiger partial charge in [-0.25, -0.2) is 0 Å². The monoisotopic (exact) mass is 804 g/mol. The van der Waals surface area contributed by atoms with Crippen LogP contribution in [0.15, 0.2) is 170 Å². The first-order valence-corrected chi connectivity index (χ1v) is 19.8. The molecule has 2 N–H and O–H groups in total. The van der Waals surface area contributed by atoms with Crippen molar-refractivity contribution in [2.45, 2.75) is 64.4 Å². The zero-order chi connectivity index (χ0) is 41.8. The summed E-state index contributed by atoms with van der Waals surface area (Å²) in [7, 11) is 0. The van der Waals surface area contributed by atoms with Gasteiger partial charge in [0.25, 0.3) is 0 Å². The molecule has 6 aromatic carbocycles. The lowest BCUT2D eigenvalue weighted by Crippen LogP contribution is -2.39. The van der Waals surface area contributed by atoms with E-state index in [9.17, 15) is 19.2 Å². The van der Waals surface area contributed by atoms with Crippen LogP contribution in [0.2, 0.25) is 0 Å². The molecular formula is C50H48N2O8. The number of nitrogens with one attached hydrogen (secondary N) is 2. The summed E-state index contributed by atoms with van der Waals surface area (Å²) in [5, 5.41) is 6.44. The predicted octanol–water partition coefficient (Wildman–Crippen LogP) is 8.02. The molecule has 0 spiro atoms. The van der Waals surface area contributed by atoms with E-state index in [1.165, 1.54) is 0 Å².